The summed E-state index contributed by atoms with van der Waals surface area (Å²) in [5.41, 5.74) is 5.03. The van der Waals surface area contributed by atoms with E-state index in [-0.39, 0.29) is 12.3 Å². The van der Waals surface area contributed by atoms with Crippen LogP contribution in [0.3, 0.4) is 0 Å². The van der Waals surface area contributed by atoms with Gasteiger partial charge in [0.2, 0.25) is 5.91 Å². The zero-order valence-corrected chi connectivity index (χ0v) is 9.25. The highest BCUT2D eigenvalue weighted by Gasteiger charge is 2.14. The molecular weight excluding hydrogens is 226 g/mol. The summed E-state index contributed by atoms with van der Waals surface area (Å²) in [6, 6.07) is 5.09. The van der Waals surface area contributed by atoms with E-state index in [0.29, 0.717) is 5.75 Å². The molecule has 17 heavy (non-hydrogen) atoms. The Morgan fingerprint density at radius 2 is 2.35 bits per heavy atom. The third kappa shape index (κ3) is 3.72. The lowest BCUT2D eigenvalue weighted by molar-refractivity contribution is -0.384. The fourth-order valence-corrected chi connectivity index (χ4v) is 1.17. The Morgan fingerprint density at radius 1 is 1.65 bits per heavy atom. The van der Waals surface area contributed by atoms with E-state index >= 15 is 0 Å². The molecule has 1 amide bonds. The van der Waals surface area contributed by atoms with Crippen molar-refractivity contribution in [2.24, 2.45) is 5.73 Å². The summed E-state index contributed by atoms with van der Waals surface area (Å²) >= 11 is 0. The largest absolute Gasteiger partial charge is 0.491 e. The van der Waals surface area contributed by atoms with E-state index in [2.05, 4.69) is 5.32 Å². The summed E-state index contributed by atoms with van der Waals surface area (Å²) in [6.07, 6.45) is 0. The number of nitro groups is 1. The van der Waals surface area contributed by atoms with Gasteiger partial charge in [-0.05, 0) is 13.1 Å². The second-order valence-electron chi connectivity index (χ2n) is 3.31. The number of nitrogens with two attached hydrogens (primary N) is 1. The second-order valence-corrected chi connectivity index (χ2v) is 3.31. The molecular formula is C10H13N3O4. The molecule has 0 saturated carbocycles. The van der Waals surface area contributed by atoms with E-state index in [1.54, 1.807) is 13.1 Å². The molecule has 1 rings (SSSR count). The number of likely N-dealkylation sites (N-methyl/N-ethyl adjacent to an activating group) is 1. The van der Waals surface area contributed by atoms with Gasteiger partial charge in [0.05, 0.1) is 11.0 Å². The minimum Gasteiger partial charge on any atom is -0.491 e. The summed E-state index contributed by atoms with van der Waals surface area (Å²) in [7, 11) is 1.58. The van der Waals surface area contributed by atoms with Crippen molar-refractivity contribution in [3.8, 4) is 5.75 Å². The Kier molecular flexibility index (Phi) is 4.41. The maximum absolute atomic E-state index is 10.9. The predicted molar refractivity (Wildman–Crippen MR) is 60.6 cm³/mol. The van der Waals surface area contributed by atoms with Gasteiger partial charge in [-0.25, -0.2) is 0 Å². The molecule has 1 aromatic carbocycles. The fraction of sp³-hybridized carbons (Fsp3) is 0.300. The smallest absolute Gasteiger partial charge is 0.273 e. The number of carbonyl (C=O) groups is 1. The standard InChI is InChI=1S/C10H13N3O4/c1-12-9(10(11)14)6-17-8-4-2-3-7(5-8)13(15)16/h2-5,9,12H,6H2,1H3,(H2,11,14). The van der Waals surface area contributed by atoms with Gasteiger partial charge in [0, 0.05) is 6.07 Å². The third-order valence-electron chi connectivity index (χ3n) is 2.14. The van der Waals surface area contributed by atoms with Crippen LogP contribution in [0.5, 0.6) is 5.75 Å². The number of rotatable bonds is 6. The van der Waals surface area contributed by atoms with Crippen molar-refractivity contribution in [1.82, 2.24) is 5.32 Å². The number of amides is 1. The highest BCUT2D eigenvalue weighted by Crippen LogP contribution is 2.18. The number of hydrogen-bond acceptors (Lipinski definition) is 5. The maximum Gasteiger partial charge on any atom is 0.273 e. The van der Waals surface area contributed by atoms with Crippen LogP contribution < -0.4 is 15.8 Å². The number of carbonyl (C=O) groups excluding carboxylic acids is 1. The monoisotopic (exact) mass is 239 g/mol. The summed E-state index contributed by atoms with van der Waals surface area (Å²) < 4.78 is 5.24. The summed E-state index contributed by atoms with van der Waals surface area (Å²) in [4.78, 5) is 20.9. The van der Waals surface area contributed by atoms with Crippen molar-refractivity contribution >= 4 is 11.6 Å². The first-order valence-corrected chi connectivity index (χ1v) is 4.88. The van der Waals surface area contributed by atoms with E-state index in [0.717, 1.165) is 0 Å². The first kappa shape index (κ1) is 12.9. The number of nitrogens with zero attached hydrogens (tertiary/aromatic N) is 1. The minimum atomic E-state index is -0.630. The molecule has 92 valence electrons. The third-order valence-corrected chi connectivity index (χ3v) is 2.14. The number of hydrogen-bond donors (Lipinski definition) is 2. The lowest BCUT2D eigenvalue weighted by atomic mass is 10.3. The van der Waals surface area contributed by atoms with Crippen LogP contribution in [0.2, 0.25) is 0 Å². The number of primary amides is 1. The van der Waals surface area contributed by atoms with Crippen LogP contribution in [-0.4, -0.2) is 30.5 Å². The van der Waals surface area contributed by atoms with Crippen molar-refractivity contribution < 1.29 is 14.5 Å². The fourth-order valence-electron chi connectivity index (χ4n) is 1.17. The zero-order chi connectivity index (χ0) is 12.8. The van der Waals surface area contributed by atoms with Gasteiger partial charge >= 0.3 is 0 Å². The highest BCUT2D eigenvalue weighted by molar-refractivity contribution is 5.79. The Labute approximate surface area is 97.7 Å². The molecule has 0 fully saturated rings. The highest BCUT2D eigenvalue weighted by atomic mass is 16.6. The number of non-ortho nitro benzene ring substituents is 1. The number of ether oxygens (including phenoxy) is 1. The number of benzene rings is 1. The SMILES string of the molecule is CNC(COc1cccc([N+](=O)[O-])c1)C(N)=O. The second kappa shape index (κ2) is 5.80. The zero-order valence-electron chi connectivity index (χ0n) is 9.25. The van der Waals surface area contributed by atoms with E-state index in [4.69, 9.17) is 10.5 Å². The van der Waals surface area contributed by atoms with E-state index < -0.39 is 16.9 Å². The summed E-state index contributed by atoms with van der Waals surface area (Å²) in [6.45, 7) is 0.0208. The maximum atomic E-state index is 10.9. The quantitative estimate of drug-likeness (QED) is 0.538. The van der Waals surface area contributed by atoms with Gasteiger partial charge in [0.25, 0.3) is 5.69 Å². The first-order chi connectivity index (χ1) is 8.04. The van der Waals surface area contributed by atoms with Gasteiger partial charge in [0.15, 0.2) is 0 Å². The van der Waals surface area contributed by atoms with Crippen molar-refractivity contribution in [2.75, 3.05) is 13.7 Å². The van der Waals surface area contributed by atoms with Crippen molar-refractivity contribution in [2.45, 2.75) is 6.04 Å². The van der Waals surface area contributed by atoms with Crippen LogP contribution in [-0.2, 0) is 4.79 Å². The Bertz CT molecular complexity index is 422. The average Bonchev–Trinajstić information content (AvgIpc) is 2.29. The molecule has 0 aromatic heterocycles. The van der Waals surface area contributed by atoms with Gasteiger partial charge in [-0.1, -0.05) is 6.07 Å². The van der Waals surface area contributed by atoms with Crippen molar-refractivity contribution in [3.63, 3.8) is 0 Å². The lowest BCUT2D eigenvalue weighted by Crippen LogP contribution is -2.43. The van der Waals surface area contributed by atoms with E-state index in [1.165, 1.54) is 18.2 Å². The molecule has 1 unspecified atom stereocenters. The first-order valence-electron chi connectivity index (χ1n) is 4.88. The van der Waals surface area contributed by atoms with Gasteiger partial charge in [-0.3, -0.25) is 14.9 Å². The lowest BCUT2D eigenvalue weighted by Gasteiger charge is -2.13. The van der Waals surface area contributed by atoms with Gasteiger partial charge < -0.3 is 15.8 Å². The minimum absolute atomic E-state index is 0.0208. The molecule has 0 radical (unpaired) electrons. The van der Waals surface area contributed by atoms with E-state index in [9.17, 15) is 14.9 Å². The molecule has 0 heterocycles. The summed E-state index contributed by atoms with van der Waals surface area (Å²) in [5, 5.41) is 13.2. The normalized spacial score (nSPS) is 11.8. The van der Waals surface area contributed by atoms with Gasteiger partial charge in [-0.2, -0.15) is 0 Å². The van der Waals surface area contributed by atoms with Crippen LogP contribution in [0.1, 0.15) is 0 Å². The topological polar surface area (TPSA) is 107 Å². The van der Waals surface area contributed by atoms with Crippen LogP contribution >= 0.6 is 0 Å². The molecule has 3 N–H and O–H groups in total. The van der Waals surface area contributed by atoms with Crippen LogP contribution in [0.25, 0.3) is 0 Å². The molecule has 0 aliphatic heterocycles. The number of nitrogens with one attached hydrogen (secondary N) is 1. The molecule has 0 saturated heterocycles. The Balaban J connectivity index is 2.66. The molecule has 1 aromatic rings. The molecule has 0 spiro atoms. The van der Waals surface area contributed by atoms with Crippen molar-refractivity contribution in [1.29, 1.82) is 0 Å². The van der Waals surface area contributed by atoms with E-state index in [1.807, 2.05) is 0 Å². The molecule has 0 aliphatic carbocycles. The Hall–Kier alpha value is -2.15. The molecule has 7 heteroatoms. The predicted octanol–water partition coefficient (Wildman–Crippen LogP) is 0.0469. The van der Waals surface area contributed by atoms with Crippen LogP contribution in [0.4, 0.5) is 5.69 Å². The van der Waals surface area contributed by atoms with Gasteiger partial charge in [0.1, 0.15) is 18.4 Å². The Morgan fingerprint density at radius 3 is 2.88 bits per heavy atom. The average molecular weight is 239 g/mol. The molecule has 7 nitrogen and oxygen atoms in total. The van der Waals surface area contributed by atoms with Crippen molar-refractivity contribution in [3.05, 3.63) is 34.4 Å². The molecule has 1 atom stereocenters. The molecule has 0 bridgehead atoms. The van der Waals surface area contributed by atoms with Crippen LogP contribution in [0, 0.1) is 10.1 Å². The molecule has 0 aliphatic rings. The number of nitro benzene ring substituents is 1. The summed E-state index contributed by atoms with van der Waals surface area (Å²) in [5.74, 6) is -0.223. The van der Waals surface area contributed by atoms with Gasteiger partial charge in [-0.15, -0.1) is 0 Å². The van der Waals surface area contributed by atoms with Crippen LogP contribution in [0.15, 0.2) is 24.3 Å².